The van der Waals surface area contributed by atoms with E-state index in [2.05, 4.69) is 40.1 Å². The number of benzene rings is 1. The van der Waals surface area contributed by atoms with Crippen molar-refractivity contribution < 1.29 is 9.69 Å². The lowest BCUT2D eigenvalue weighted by Crippen LogP contribution is -3.18. The molecular formula is C23H36N3O+. The number of nitrogens with one attached hydrogen (secondary N) is 1. The lowest BCUT2D eigenvalue weighted by molar-refractivity contribution is -0.927. The number of likely N-dealkylation sites (tertiary alicyclic amines) is 1. The van der Waals surface area contributed by atoms with Crippen molar-refractivity contribution in [3.63, 3.8) is 0 Å². The first-order valence-electron chi connectivity index (χ1n) is 11.2. The molecule has 1 saturated carbocycles. The molecule has 2 aliphatic heterocycles. The van der Waals surface area contributed by atoms with E-state index in [1.807, 2.05) is 0 Å². The van der Waals surface area contributed by atoms with Crippen LogP contribution in [0, 0.1) is 5.92 Å². The van der Waals surface area contributed by atoms with Crippen molar-refractivity contribution in [2.24, 2.45) is 5.92 Å². The number of quaternary nitrogens is 1. The summed E-state index contributed by atoms with van der Waals surface area (Å²) in [7, 11) is 0. The molecule has 148 valence electrons. The Morgan fingerprint density at radius 2 is 1.59 bits per heavy atom. The highest BCUT2D eigenvalue weighted by Gasteiger charge is 2.32. The summed E-state index contributed by atoms with van der Waals surface area (Å²) in [4.78, 5) is 19.0. The quantitative estimate of drug-likeness (QED) is 0.862. The van der Waals surface area contributed by atoms with Gasteiger partial charge in [0.2, 0.25) is 5.91 Å². The maximum atomic E-state index is 12.6. The van der Waals surface area contributed by atoms with E-state index < -0.39 is 0 Å². The van der Waals surface area contributed by atoms with Crippen molar-refractivity contribution in [2.75, 3.05) is 44.2 Å². The maximum absolute atomic E-state index is 12.6. The highest BCUT2D eigenvalue weighted by Crippen LogP contribution is 2.28. The number of carbonyl (C=O) groups is 1. The number of piperazine rings is 1. The number of amides is 1. The SMILES string of the molecule is O=C(CCC1CCCC1)N1CCC([NH+]2CCN(c3ccccc3)CC2)CC1. The summed E-state index contributed by atoms with van der Waals surface area (Å²) < 4.78 is 0. The van der Waals surface area contributed by atoms with Crippen LogP contribution < -0.4 is 9.80 Å². The molecule has 0 aromatic heterocycles. The van der Waals surface area contributed by atoms with Gasteiger partial charge in [-0.25, -0.2) is 0 Å². The smallest absolute Gasteiger partial charge is 0.222 e. The summed E-state index contributed by atoms with van der Waals surface area (Å²) >= 11 is 0. The van der Waals surface area contributed by atoms with Gasteiger partial charge >= 0.3 is 0 Å². The predicted octanol–water partition coefficient (Wildman–Crippen LogP) is 2.35. The summed E-state index contributed by atoms with van der Waals surface area (Å²) in [5.74, 6) is 1.25. The fraction of sp³-hybridized carbons (Fsp3) is 0.696. The van der Waals surface area contributed by atoms with Crippen molar-refractivity contribution in [3.05, 3.63) is 30.3 Å². The van der Waals surface area contributed by atoms with Gasteiger partial charge in [-0.2, -0.15) is 0 Å². The Morgan fingerprint density at radius 1 is 0.926 bits per heavy atom. The number of hydrogen-bond donors (Lipinski definition) is 1. The van der Waals surface area contributed by atoms with Crippen LogP contribution in [0.3, 0.4) is 0 Å². The summed E-state index contributed by atoms with van der Waals surface area (Å²) in [6.07, 6.45) is 9.77. The molecule has 4 heteroatoms. The topological polar surface area (TPSA) is 28.0 Å². The lowest BCUT2D eigenvalue weighted by atomic mass is 9.99. The van der Waals surface area contributed by atoms with E-state index in [-0.39, 0.29) is 0 Å². The number of para-hydroxylation sites is 1. The fourth-order valence-electron chi connectivity index (χ4n) is 5.42. The van der Waals surface area contributed by atoms with Crippen LogP contribution in [0.15, 0.2) is 30.3 Å². The summed E-state index contributed by atoms with van der Waals surface area (Å²) in [5, 5.41) is 0. The number of nitrogens with zero attached hydrogens (tertiary/aromatic N) is 2. The third-order valence-electron chi connectivity index (χ3n) is 7.19. The Balaban J connectivity index is 1.18. The van der Waals surface area contributed by atoms with Gasteiger partial charge in [-0.05, 0) is 24.5 Å². The molecule has 1 aromatic rings. The van der Waals surface area contributed by atoms with Crippen LogP contribution in [-0.2, 0) is 4.79 Å². The van der Waals surface area contributed by atoms with Gasteiger partial charge < -0.3 is 14.7 Å². The Labute approximate surface area is 164 Å². The van der Waals surface area contributed by atoms with Crippen LogP contribution in [0.1, 0.15) is 51.4 Å². The molecule has 0 bridgehead atoms. The lowest BCUT2D eigenvalue weighted by Gasteiger charge is -2.41. The predicted molar refractivity (Wildman–Crippen MR) is 110 cm³/mol. The van der Waals surface area contributed by atoms with E-state index in [4.69, 9.17) is 0 Å². The first kappa shape index (κ1) is 18.8. The molecule has 1 amide bonds. The zero-order chi connectivity index (χ0) is 18.5. The van der Waals surface area contributed by atoms with Crippen LogP contribution in [0.4, 0.5) is 5.69 Å². The zero-order valence-electron chi connectivity index (χ0n) is 16.7. The molecule has 0 unspecified atom stereocenters. The molecule has 1 aliphatic carbocycles. The maximum Gasteiger partial charge on any atom is 0.222 e. The molecule has 2 saturated heterocycles. The van der Waals surface area contributed by atoms with E-state index in [0.717, 1.165) is 51.0 Å². The van der Waals surface area contributed by atoms with Crippen molar-refractivity contribution in [2.45, 2.75) is 57.4 Å². The van der Waals surface area contributed by atoms with Crippen LogP contribution in [-0.4, -0.2) is 56.1 Å². The van der Waals surface area contributed by atoms with Crippen molar-refractivity contribution >= 4 is 11.6 Å². The van der Waals surface area contributed by atoms with Crippen LogP contribution in [0.25, 0.3) is 0 Å². The molecular weight excluding hydrogens is 334 g/mol. The molecule has 27 heavy (non-hydrogen) atoms. The Kier molecular flexibility index (Phi) is 6.33. The molecule has 3 aliphatic rings. The fourth-order valence-corrected chi connectivity index (χ4v) is 5.42. The van der Waals surface area contributed by atoms with Crippen LogP contribution in [0.2, 0.25) is 0 Å². The monoisotopic (exact) mass is 370 g/mol. The second-order valence-electron chi connectivity index (χ2n) is 8.83. The van der Waals surface area contributed by atoms with Crippen molar-refractivity contribution in [3.8, 4) is 0 Å². The van der Waals surface area contributed by atoms with Gasteiger partial charge in [-0.3, -0.25) is 4.79 Å². The molecule has 0 atom stereocenters. The standard InChI is InChI=1S/C23H35N3O/c27-23(11-10-20-6-4-5-7-20)26-14-12-22(13-15-26)25-18-16-24(17-19-25)21-8-2-1-3-9-21/h1-3,8-9,20,22H,4-7,10-19H2/p+1. The summed E-state index contributed by atoms with van der Waals surface area (Å²) in [6, 6.07) is 11.6. The molecule has 3 fully saturated rings. The third kappa shape index (κ3) is 4.84. The van der Waals surface area contributed by atoms with Gasteiger partial charge in [0, 0.05) is 38.0 Å². The van der Waals surface area contributed by atoms with Crippen molar-refractivity contribution in [1.29, 1.82) is 0 Å². The van der Waals surface area contributed by atoms with Gasteiger partial charge in [0.25, 0.3) is 0 Å². The summed E-state index contributed by atoms with van der Waals surface area (Å²) in [5.41, 5.74) is 1.36. The number of piperidine rings is 1. The molecule has 2 heterocycles. The third-order valence-corrected chi connectivity index (χ3v) is 7.19. The molecule has 0 radical (unpaired) electrons. The number of anilines is 1. The van der Waals surface area contributed by atoms with Gasteiger partial charge in [0.05, 0.1) is 32.2 Å². The number of hydrogen-bond acceptors (Lipinski definition) is 2. The van der Waals surface area contributed by atoms with E-state index in [1.54, 1.807) is 4.90 Å². The average molecular weight is 371 g/mol. The van der Waals surface area contributed by atoms with Gasteiger partial charge in [-0.1, -0.05) is 43.9 Å². The molecule has 1 N–H and O–H groups in total. The molecule has 4 rings (SSSR count). The van der Waals surface area contributed by atoms with E-state index in [1.165, 1.54) is 57.3 Å². The Morgan fingerprint density at radius 3 is 2.26 bits per heavy atom. The van der Waals surface area contributed by atoms with Gasteiger partial charge in [-0.15, -0.1) is 0 Å². The normalized spacial score (nSPS) is 23.1. The zero-order valence-corrected chi connectivity index (χ0v) is 16.7. The second kappa shape index (κ2) is 9.09. The summed E-state index contributed by atoms with van der Waals surface area (Å²) in [6.45, 7) is 6.74. The van der Waals surface area contributed by atoms with E-state index >= 15 is 0 Å². The first-order chi connectivity index (χ1) is 13.3. The highest BCUT2D eigenvalue weighted by atomic mass is 16.2. The Bertz CT molecular complexity index is 583. The first-order valence-corrected chi connectivity index (χ1v) is 11.2. The average Bonchev–Trinajstić information content (AvgIpc) is 3.27. The highest BCUT2D eigenvalue weighted by molar-refractivity contribution is 5.76. The van der Waals surface area contributed by atoms with E-state index in [9.17, 15) is 4.79 Å². The van der Waals surface area contributed by atoms with E-state index in [0.29, 0.717) is 5.91 Å². The number of carbonyl (C=O) groups excluding carboxylic acids is 1. The minimum atomic E-state index is 0.421. The van der Waals surface area contributed by atoms with Crippen molar-refractivity contribution in [1.82, 2.24) is 4.90 Å². The Hall–Kier alpha value is -1.55. The van der Waals surface area contributed by atoms with Gasteiger partial charge in [0.1, 0.15) is 0 Å². The molecule has 0 spiro atoms. The van der Waals surface area contributed by atoms with Crippen LogP contribution in [0.5, 0.6) is 0 Å². The molecule has 4 nitrogen and oxygen atoms in total. The minimum absolute atomic E-state index is 0.421. The number of rotatable bonds is 5. The van der Waals surface area contributed by atoms with Crippen LogP contribution >= 0.6 is 0 Å². The minimum Gasteiger partial charge on any atom is -0.360 e. The van der Waals surface area contributed by atoms with Gasteiger partial charge in [0.15, 0.2) is 0 Å². The second-order valence-corrected chi connectivity index (χ2v) is 8.83. The largest absolute Gasteiger partial charge is 0.360 e. The molecule has 1 aromatic carbocycles.